The molecule has 0 aromatic heterocycles. The van der Waals surface area contributed by atoms with Gasteiger partial charge in [-0.25, -0.2) is 4.79 Å². The fourth-order valence-corrected chi connectivity index (χ4v) is 2.57. The predicted molar refractivity (Wildman–Crippen MR) is 102 cm³/mol. The van der Waals surface area contributed by atoms with E-state index in [9.17, 15) is 9.90 Å². The van der Waals surface area contributed by atoms with Crippen molar-refractivity contribution in [1.29, 1.82) is 0 Å². The zero-order valence-corrected chi connectivity index (χ0v) is 14.9. The first-order valence-electron chi connectivity index (χ1n) is 8.46. The first kappa shape index (κ1) is 18.3. The molecule has 3 aromatic carbocycles. The van der Waals surface area contributed by atoms with Crippen LogP contribution in [0.4, 0.5) is 0 Å². The number of carboxylic acid groups (broad SMARTS) is 1. The minimum atomic E-state index is -1.06. The Labute approximate surface area is 157 Å². The van der Waals surface area contributed by atoms with Crippen molar-refractivity contribution in [3.8, 4) is 17.2 Å². The van der Waals surface area contributed by atoms with Gasteiger partial charge in [0.25, 0.3) is 0 Å². The molecule has 0 amide bonds. The van der Waals surface area contributed by atoms with Gasteiger partial charge in [-0.1, -0.05) is 60.7 Å². The van der Waals surface area contributed by atoms with Gasteiger partial charge in [-0.3, -0.25) is 0 Å². The van der Waals surface area contributed by atoms with Crippen molar-refractivity contribution < 1.29 is 24.1 Å². The van der Waals surface area contributed by atoms with E-state index in [2.05, 4.69) is 0 Å². The van der Waals surface area contributed by atoms with Crippen molar-refractivity contribution in [2.45, 2.75) is 13.2 Å². The molecule has 5 nitrogen and oxygen atoms in total. The zero-order valence-electron chi connectivity index (χ0n) is 14.9. The van der Waals surface area contributed by atoms with Crippen molar-refractivity contribution >= 4 is 5.97 Å². The van der Waals surface area contributed by atoms with Crippen LogP contribution in [0.25, 0.3) is 0 Å². The number of ether oxygens (including phenoxy) is 3. The van der Waals surface area contributed by atoms with Crippen LogP contribution >= 0.6 is 0 Å². The van der Waals surface area contributed by atoms with E-state index in [4.69, 9.17) is 14.2 Å². The number of benzene rings is 3. The van der Waals surface area contributed by atoms with Gasteiger partial charge >= 0.3 is 5.97 Å². The van der Waals surface area contributed by atoms with Crippen LogP contribution in [-0.4, -0.2) is 18.2 Å². The third-order valence-electron chi connectivity index (χ3n) is 3.95. The molecule has 0 aliphatic rings. The topological polar surface area (TPSA) is 65.0 Å². The Balaban J connectivity index is 1.89. The van der Waals surface area contributed by atoms with Gasteiger partial charge in [-0.2, -0.15) is 0 Å². The number of hydrogen-bond acceptors (Lipinski definition) is 4. The van der Waals surface area contributed by atoms with E-state index in [1.807, 2.05) is 60.7 Å². The van der Waals surface area contributed by atoms with Crippen molar-refractivity contribution in [3.05, 3.63) is 89.5 Å². The van der Waals surface area contributed by atoms with Gasteiger partial charge in [0, 0.05) is 0 Å². The molecule has 0 saturated carbocycles. The number of hydrogen-bond donors (Lipinski definition) is 1. The smallest absolute Gasteiger partial charge is 0.335 e. The second-order valence-corrected chi connectivity index (χ2v) is 5.86. The van der Waals surface area contributed by atoms with Crippen molar-refractivity contribution in [3.63, 3.8) is 0 Å². The van der Waals surface area contributed by atoms with Crippen LogP contribution in [0, 0.1) is 0 Å². The van der Waals surface area contributed by atoms with Gasteiger partial charge < -0.3 is 19.3 Å². The predicted octanol–water partition coefficient (Wildman–Crippen LogP) is 4.55. The summed E-state index contributed by atoms with van der Waals surface area (Å²) in [7, 11) is 1.47. The molecule has 0 unspecified atom stereocenters. The minimum Gasteiger partial charge on any atom is -0.493 e. The Hall–Kier alpha value is -3.47. The maximum absolute atomic E-state index is 11.4. The second-order valence-electron chi connectivity index (χ2n) is 5.86. The zero-order chi connectivity index (χ0) is 19.1. The monoisotopic (exact) mass is 364 g/mol. The molecule has 27 heavy (non-hydrogen) atoms. The lowest BCUT2D eigenvalue weighted by Gasteiger charge is -2.17. The van der Waals surface area contributed by atoms with Gasteiger partial charge in [0.05, 0.1) is 12.7 Å². The molecule has 3 aromatic rings. The maximum Gasteiger partial charge on any atom is 0.335 e. The molecule has 0 radical (unpaired) electrons. The summed E-state index contributed by atoms with van der Waals surface area (Å²) >= 11 is 0. The summed E-state index contributed by atoms with van der Waals surface area (Å²) in [6.07, 6.45) is 0. The molecule has 0 aliphatic carbocycles. The fraction of sp³-hybridized carbons (Fsp3) is 0.136. The Morgan fingerprint density at radius 2 is 1.33 bits per heavy atom. The number of aromatic carboxylic acids is 1. The van der Waals surface area contributed by atoms with E-state index >= 15 is 0 Å². The summed E-state index contributed by atoms with van der Waals surface area (Å²) in [6, 6.07) is 22.2. The highest BCUT2D eigenvalue weighted by molar-refractivity contribution is 5.89. The van der Waals surface area contributed by atoms with Crippen molar-refractivity contribution in [2.24, 2.45) is 0 Å². The molecular weight excluding hydrogens is 344 g/mol. The van der Waals surface area contributed by atoms with Crippen LogP contribution in [0.3, 0.4) is 0 Å². The molecular formula is C22H20O5. The molecule has 0 atom stereocenters. The van der Waals surface area contributed by atoms with Crippen LogP contribution in [0.5, 0.6) is 17.2 Å². The van der Waals surface area contributed by atoms with Gasteiger partial charge in [-0.15, -0.1) is 0 Å². The molecule has 0 spiro atoms. The molecule has 0 heterocycles. The van der Waals surface area contributed by atoms with E-state index in [-0.39, 0.29) is 12.2 Å². The number of rotatable bonds is 8. The third-order valence-corrected chi connectivity index (χ3v) is 3.95. The molecule has 0 aliphatic heterocycles. The van der Waals surface area contributed by atoms with E-state index in [0.717, 1.165) is 11.1 Å². The molecule has 0 bridgehead atoms. The summed E-state index contributed by atoms with van der Waals surface area (Å²) in [4.78, 5) is 11.4. The molecule has 138 valence electrons. The Bertz CT molecular complexity index is 891. The first-order valence-corrected chi connectivity index (χ1v) is 8.46. The quantitative estimate of drug-likeness (QED) is 0.635. The highest BCUT2D eigenvalue weighted by atomic mass is 16.5. The van der Waals surface area contributed by atoms with Gasteiger partial charge in [-0.05, 0) is 23.3 Å². The fourth-order valence-electron chi connectivity index (χ4n) is 2.57. The Morgan fingerprint density at radius 1 is 0.815 bits per heavy atom. The summed E-state index contributed by atoms with van der Waals surface area (Å²) in [5.74, 6) is -0.0461. The average Bonchev–Trinajstić information content (AvgIpc) is 2.71. The van der Waals surface area contributed by atoms with Crippen molar-refractivity contribution in [1.82, 2.24) is 0 Å². The maximum atomic E-state index is 11.4. The second kappa shape index (κ2) is 8.76. The number of carboxylic acids is 1. The van der Waals surface area contributed by atoms with Crippen LogP contribution < -0.4 is 14.2 Å². The van der Waals surface area contributed by atoms with Crippen LogP contribution in [-0.2, 0) is 13.2 Å². The summed E-state index contributed by atoms with van der Waals surface area (Å²) in [5, 5.41) is 9.36. The molecule has 1 N–H and O–H groups in total. The molecule has 0 saturated heterocycles. The molecule has 5 heteroatoms. The standard InChI is InChI=1S/C22H20O5/c1-25-19-12-18(22(23)24)13-20(26-14-16-8-4-2-5-9-16)21(19)27-15-17-10-6-3-7-11-17/h2-13H,14-15H2,1H3,(H,23,24). The van der Waals surface area contributed by atoms with Gasteiger partial charge in [0.2, 0.25) is 5.75 Å². The summed E-state index contributed by atoms with van der Waals surface area (Å²) < 4.78 is 17.2. The van der Waals surface area contributed by atoms with Gasteiger partial charge in [0.15, 0.2) is 11.5 Å². The SMILES string of the molecule is COc1cc(C(=O)O)cc(OCc2ccccc2)c1OCc1ccccc1. The Kier molecular flexibility index (Phi) is 5.94. The minimum absolute atomic E-state index is 0.0713. The van der Waals surface area contributed by atoms with E-state index in [0.29, 0.717) is 23.9 Å². The largest absolute Gasteiger partial charge is 0.493 e. The lowest BCUT2D eigenvalue weighted by molar-refractivity contribution is 0.0695. The van der Waals surface area contributed by atoms with E-state index in [1.54, 1.807) is 0 Å². The number of methoxy groups -OCH3 is 1. The lowest BCUT2D eigenvalue weighted by atomic mass is 10.1. The van der Waals surface area contributed by atoms with Crippen molar-refractivity contribution in [2.75, 3.05) is 7.11 Å². The first-order chi connectivity index (χ1) is 13.2. The molecule has 3 rings (SSSR count). The van der Waals surface area contributed by atoms with Gasteiger partial charge in [0.1, 0.15) is 13.2 Å². The summed E-state index contributed by atoms with van der Waals surface area (Å²) in [5.41, 5.74) is 2.02. The highest BCUT2D eigenvalue weighted by Crippen LogP contribution is 2.39. The lowest BCUT2D eigenvalue weighted by Crippen LogP contribution is -2.05. The normalized spacial score (nSPS) is 10.3. The van der Waals surface area contributed by atoms with E-state index < -0.39 is 5.97 Å². The Morgan fingerprint density at radius 3 is 1.85 bits per heavy atom. The van der Waals surface area contributed by atoms with Crippen LogP contribution in [0.2, 0.25) is 0 Å². The number of carbonyl (C=O) groups is 1. The summed E-state index contributed by atoms with van der Waals surface area (Å²) in [6.45, 7) is 0.597. The van der Waals surface area contributed by atoms with Crippen LogP contribution in [0.1, 0.15) is 21.5 Å². The van der Waals surface area contributed by atoms with Crippen LogP contribution in [0.15, 0.2) is 72.8 Å². The van der Waals surface area contributed by atoms with E-state index in [1.165, 1.54) is 19.2 Å². The molecule has 0 fully saturated rings. The highest BCUT2D eigenvalue weighted by Gasteiger charge is 2.18. The average molecular weight is 364 g/mol. The third kappa shape index (κ3) is 4.79.